The molecule has 0 unspecified atom stereocenters. The highest BCUT2D eigenvalue weighted by Gasteiger charge is 2.16. The summed E-state index contributed by atoms with van der Waals surface area (Å²) in [6, 6.07) is 10.1. The molecule has 0 saturated carbocycles. The highest BCUT2D eigenvalue weighted by molar-refractivity contribution is 5.79. The first-order valence-corrected chi connectivity index (χ1v) is 9.45. The van der Waals surface area contributed by atoms with Crippen LogP contribution in [-0.2, 0) is 11.3 Å². The van der Waals surface area contributed by atoms with Gasteiger partial charge in [-0.25, -0.2) is 0 Å². The molecule has 0 radical (unpaired) electrons. The van der Waals surface area contributed by atoms with Crippen LogP contribution in [0, 0.1) is 0 Å². The Bertz CT molecular complexity index is 631. The zero-order chi connectivity index (χ0) is 18.8. The Hall–Kier alpha value is -1.44. The lowest BCUT2D eigenvalue weighted by Crippen LogP contribution is -2.42. The minimum absolute atomic E-state index is 0.0113. The van der Waals surface area contributed by atoms with E-state index in [0.29, 0.717) is 32.8 Å². The molecule has 0 aliphatic rings. The second-order valence-electron chi connectivity index (χ2n) is 6.75. The zero-order valence-electron chi connectivity index (χ0n) is 15.6. The molecular weight excluding hydrogens is 332 g/mol. The van der Waals surface area contributed by atoms with Gasteiger partial charge in [-0.15, -0.1) is 0 Å². The third-order valence-corrected chi connectivity index (χ3v) is 4.39. The van der Waals surface area contributed by atoms with Gasteiger partial charge in [0, 0.05) is 44.5 Å². The van der Waals surface area contributed by atoms with E-state index in [1.807, 2.05) is 46.0 Å². The van der Waals surface area contributed by atoms with Crippen LogP contribution in [0.1, 0.15) is 19.8 Å². The van der Waals surface area contributed by atoms with Gasteiger partial charge < -0.3 is 24.6 Å². The molecule has 2 atom stereocenters. The number of hydrogen-bond acceptors (Lipinski definition) is 5. The van der Waals surface area contributed by atoms with E-state index in [4.69, 9.17) is 4.74 Å². The van der Waals surface area contributed by atoms with Crippen LogP contribution in [0.15, 0.2) is 36.5 Å². The molecule has 1 heterocycles. The van der Waals surface area contributed by atoms with Gasteiger partial charge in [-0.2, -0.15) is 0 Å². The molecule has 6 nitrogen and oxygen atoms in total. The van der Waals surface area contributed by atoms with Gasteiger partial charge in [-0.05, 0) is 23.9 Å². The first-order chi connectivity index (χ1) is 12.6. The third-order valence-electron chi connectivity index (χ3n) is 4.39. The summed E-state index contributed by atoms with van der Waals surface area (Å²) in [5.41, 5.74) is 1.09. The molecule has 0 bridgehead atoms. The summed E-state index contributed by atoms with van der Waals surface area (Å²) in [5.74, 6) is 0. The van der Waals surface area contributed by atoms with Gasteiger partial charge >= 0.3 is 0 Å². The van der Waals surface area contributed by atoms with E-state index in [-0.39, 0.29) is 13.2 Å². The maximum atomic E-state index is 10.5. The van der Waals surface area contributed by atoms with Gasteiger partial charge in [-0.3, -0.25) is 4.90 Å². The normalized spacial score (nSPS) is 14.2. The van der Waals surface area contributed by atoms with Crippen molar-refractivity contribution in [1.29, 1.82) is 0 Å². The number of para-hydroxylation sites is 1. The minimum Gasteiger partial charge on any atom is -0.395 e. The van der Waals surface area contributed by atoms with E-state index in [0.717, 1.165) is 23.7 Å². The van der Waals surface area contributed by atoms with Gasteiger partial charge in [0.05, 0.1) is 25.4 Å². The molecule has 0 saturated heterocycles. The number of nitrogens with zero attached hydrogens (tertiary/aromatic N) is 2. The van der Waals surface area contributed by atoms with Crippen molar-refractivity contribution in [2.24, 2.45) is 0 Å². The van der Waals surface area contributed by atoms with E-state index in [1.54, 1.807) is 0 Å². The molecule has 0 aliphatic carbocycles. The Labute approximate surface area is 155 Å². The molecule has 3 N–H and O–H groups in total. The van der Waals surface area contributed by atoms with E-state index < -0.39 is 12.2 Å². The lowest BCUT2D eigenvalue weighted by molar-refractivity contribution is 0.00248. The fourth-order valence-corrected chi connectivity index (χ4v) is 3.10. The second kappa shape index (κ2) is 11.3. The average molecular weight is 364 g/mol. The van der Waals surface area contributed by atoms with Crippen molar-refractivity contribution < 1.29 is 20.1 Å². The van der Waals surface area contributed by atoms with Crippen molar-refractivity contribution >= 4 is 10.9 Å². The Morgan fingerprint density at radius 2 is 1.88 bits per heavy atom. The fourth-order valence-electron chi connectivity index (χ4n) is 3.10. The summed E-state index contributed by atoms with van der Waals surface area (Å²) in [6.07, 6.45) is 2.80. The predicted octanol–water partition coefficient (Wildman–Crippen LogP) is 1.47. The number of aliphatic hydroxyl groups excluding tert-OH is 3. The Balaban J connectivity index is 1.83. The van der Waals surface area contributed by atoms with E-state index in [9.17, 15) is 15.3 Å². The van der Waals surface area contributed by atoms with Crippen molar-refractivity contribution in [3.8, 4) is 0 Å². The molecule has 2 rings (SSSR count). The standard InChI is InChI=1S/C20H32N2O4/c1-2-3-12-26-16-19(25)14-21(10-11-23)13-18(24)15-22-9-8-17-6-4-5-7-20(17)22/h4-9,18-19,23-25H,2-3,10-16H2,1H3/t18-,19+/m0/s1. The van der Waals surface area contributed by atoms with E-state index in [1.165, 1.54) is 0 Å². The van der Waals surface area contributed by atoms with Crippen molar-refractivity contribution in [1.82, 2.24) is 9.47 Å². The largest absolute Gasteiger partial charge is 0.395 e. The van der Waals surface area contributed by atoms with Gasteiger partial charge in [0.2, 0.25) is 0 Å². The molecule has 2 aromatic rings. The number of ether oxygens (including phenoxy) is 1. The van der Waals surface area contributed by atoms with Crippen LogP contribution in [0.2, 0.25) is 0 Å². The van der Waals surface area contributed by atoms with Gasteiger partial charge in [0.15, 0.2) is 0 Å². The maximum absolute atomic E-state index is 10.5. The molecule has 26 heavy (non-hydrogen) atoms. The monoisotopic (exact) mass is 364 g/mol. The summed E-state index contributed by atoms with van der Waals surface area (Å²) in [6.45, 7) is 4.65. The van der Waals surface area contributed by atoms with Crippen molar-refractivity contribution in [3.05, 3.63) is 36.5 Å². The summed E-state index contributed by atoms with van der Waals surface area (Å²) < 4.78 is 7.48. The van der Waals surface area contributed by atoms with E-state index in [2.05, 4.69) is 6.92 Å². The molecule has 146 valence electrons. The number of aromatic nitrogens is 1. The lowest BCUT2D eigenvalue weighted by atomic mass is 10.2. The third kappa shape index (κ3) is 6.70. The number of rotatable bonds is 13. The SMILES string of the molecule is CCCCOC[C@H](O)CN(CCO)C[C@H](O)Cn1ccc2ccccc21. The van der Waals surface area contributed by atoms with Crippen LogP contribution < -0.4 is 0 Å². The average Bonchev–Trinajstić information content (AvgIpc) is 3.02. The van der Waals surface area contributed by atoms with Crippen LogP contribution in [0.5, 0.6) is 0 Å². The highest BCUT2D eigenvalue weighted by atomic mass is 16.5. The van der Waals surface area contributed by atoms with E-state index >= 15 is 0 Å². The van der Waals surface area contributed by atoms with Crippen LogP contribution in [-0.4, -0.2) is 76.4 Å². The zero-order valence-corrected chi connectivity index (χ0v) is 15.6. The lowest BCUT2D eigenvalue weighted by Gasteiger charge is -2.27. The Kier molecular flexibility index (Phi) is 9.08. The number of fused-ring (bicyclic) bond motifs is 1. The van der Waals surface area contributed by atoms with Gasteiger partial charge in [0.25, 0.3) is 0 Å². The number of hydrogen-bond donors (Lipinski definition) is 3. The van der Waals surface area contributed by atoms with Crippen LogP contribution in [0.3, 0.4) is 0 Å². The predicted molar refractivity (Wildman–Crippen MR) is 103 cm³/mol. The molecule has 1 aromatic heterocycles. The van der Waals surface area contributed by atoms with Gasteiger partial charge in [0.1, 0.15) is 0 Å². The first-order valence-electron chi connectivity index (χ1n) is 9.45. The minimum atomic E-state index is -0.627. The van der Waals surface area contributed by atoms with Crippen LogP contribution in [0.4, 0.5) is 0 Å². The molecule has 1 aromatic carbocycles. The first kappa shape index (κ1) is 20.9. The molecule has 0 aliphatic heterocycles. The van der Waals surface area contributed by atoms with Crippen LogP contribution in [0.25, 0.3) is 10.9 Å². The van der Waals surface area contributed by atoms with Crippen molar-refractivity contribution in [3.63, 3.8) is 0 Å². The number of aliphatic hydroxyl groups is 3. The Morgan fingerprint density at radius 1 is 1.12 bits per heavy atom. The summed E-state index contributed by atoms with van der Waals surface area (Å²) >= 11 is 0. The fraction of sp³-hybridized carbons (Fsp3) is 0.600. The molecule has 0 spiro atoms. The number of benzene rings is 1. The maximum Gasteiger partial charge on any atom is 0.0900 e. The molecular formula is C20H32N2O4. The number of unbranched alkanes of at least 4 members (excludes halogenated alkanes) is 1. The second-order valence-corrected chi connectivity index (χ2v) is 6.75. The summed E-state index contributed by atoms with van der Waals surface area (Å²) in [4.78, 5) is 1.88. The summed E-state index contributed by atoms with van der Waals surface area (Å²) in [7, 11) is 0. The van der Waals surface area contributed by atoms with Crippen molar-refractivity contribution in [2.45, 2.75) is 38.5 Å². The quantitative estimate of drug-likeness (QED) is 0.469. The summed E-state index contributed by atoms with van der Waals surface area (Å²) in [5, 5.41) is 31.0. The molecule has 6 heteroatoms. The van der Waals surface area contributed by atoms with Gasteiger partial charge in [-0.1, -0.05) is 31.5 Å². The topological polar surface area (TPSA) is 78.1 Å². The Morgan fingerprint density at radius 3 is 2.65 bits per heavy atom. The van der Waals surface area contributed by atoms with Crippen molar-refractivity contribution in [2.75, 3.05) is 39.5 Å². The smallest absolute Gasteiger partial charge is 0.0900 e. The highest BCUT2D eigenvalue weighted by Crippen LogP contribution is 2.15. The molecule has 0 fully saturated rings. The van der Waals surface area contributed by atoms with Crippen LogP contribution >= 0.6 is 0 Å². The molecule has 0 amide bonds.